The molecule has 0 aromatic heterocycles. The van der Waals surface area contributed by atoms with Crippen molar-refractivity contribution < 1.29 is 0 Å². The highest BCUT2D eigenvalue weighted by molar-refractivity contribution is 8.00. The Hall–Kier alpha value is 0.700. The molecule has 0 N–H and O–H groups in total. The first-order valence-electron chi connectivity index (χ1n) is 4.01. The minimum atomic E-state index is -0.0618. The Morgan fingerprint density at radius 1 is 1.10 bits per heavy atom. The van der Waals surface area contributed by atoms with Gasteiger partial charge in [0, 0.05) is 0 Å². The predicted molar refractivity (Wildman–Crippen MR) is 55.1 cm³/mol. The Kier molecular flexibility index (Phi) is 5.74. The van der Waals surface area contributed by atoms with Crippen LogP contribution in [-0.4, -0.2) is 4.08 Å². The lowest BCUT2D eigenvalue weighted by atomic mass is 10.1. The summed E-state index contributed by atoms with van der Waals surface area (Å²) in [7, 11) is 0. The van der Waals surface area contributed by atoms with Gasteiger partial charge in [0.25, 0.3) is 0 Å². The molecule has 0 nitrogen and oxygen atoms in total. The molecule has 0 aliphatic rings. The highest BCUT2D eigenvalue weighted by Gasteiger charge is 2.10. The molecule has 0 aromatic carbocycles. The van der Waals surface area contributed by atoms with Gasteiger partial charge in [-0.25, -0.2) is 0 Å². The average molecular weight is 178 g/mol. The van der Waals surface area contributed by atoms with E-state index in [1.54, 1.807) is 0 Å². The van der Waals surface area contributed by atoms with E-state index in [-0.39, 0.29) is 4.08 Å². The van der Waals surface area contributed by atoms with Crippen LogP contribution < -0.4 is 0 Å². The van der Waals surface area contributed by atoms with E-state index >= 15 is 0 Å². The van der Waals surface area contributed by atoms with E-state index in [4.69, 9.17) is 0 Å². The number of thiol groups is 2. The summed E-state index contributed by atoms with van der Waals surface area (Å²) in [6, 6.07) is 0. The van der Waals surface area contributed by atoms with Crippen LogP contribution in [0.15, 0.2) is 0 Å². The molecule has 0 aliphatic carbocycles. The second-order valence-electron chi connectivity index (χ2n) is 3.03. The lowest BCUT2D eigenvalue weighted by Crippen LogP contribution is -2.05. The topological polar surface area (TPSA) is 0 Å². The number of rotatable bonds is 5. The van der Waals surface area contributed by atoms with E-state index in [1.807, 2.05) is 6.92 Å². The first kappa shape index (κ1) is 10.7. The Bertz CT molecular complexity index is 73.8. The van der Waals surface area contributed by atoms with Gasteiger partial charge >= 0.3 is 0 Å². The molecule has 0 radical (unpaired) electrons. The maximum absolute atomic E-state index is 4.32. The van der Waals surface area contributed by atoms with Gasteiger partial charge in [-0.05, 0) is 13.3 Å². The smallest absolute Gasteiger partial charge is 0.0523 e. The minimum absolute atomic E-state index is 0.0618. The van der Waals surface area contributed by atoms with Crippen LogP contribution in [-0.2, 0) is 0 Å². The first-order valence-corrected chi connectivity index (χ1v) is 4.90. The van der Waals surface area contributed by atoms with Crippen molar-refractivity contribution in [3.05, 3.63) is 0 Å². The molecule has 2 heteroatoms. The van der Waals surface area contributed by atoms with Crippen LogP contribution in [0.5, 0.6) is 0 Å². The number of hydrogen-bond acceptors (Lipinski definition) is 2. The molecular formula is C8H18S2. The highest BCUT2D eigenvalue weighted by Crippen LogP contribution is 2.25. The van der Waals surface area contributed by atoms with E-state index in [1.165, 1.54) is 25.7 Å². The van der Waals surface area contributed by atoms with Crippen LogP contribution in [0.2, 0.25) is 0 Å². The average Bonchev–Trinajstić information content (AvgIpc) is 1.78. The Morgan fingerprint density at radius 3 is 2.10 bits per heavy atom. The zero-order valence-corrected chi connectivity index (χ0v) is 8.72. The molecule has 10 heavy (non-hydrogen) atoms. The molecule has 0 spiro atoms. The van der Waals surface area contributed by atoms with Crippen molar-refractivity contribution in [3.63, 3.8) is 0 Å². The van der Waals surface area contributed by atoms with Crippen molar-refractivity contribution in [2.75, 3.05) is 0 Å². The van der Waals surface area contributed by atoms with Gasteiger partial charge in [-0.2, -0.15) is 25.3 Å². The van der Waals surface area contributed by atoms with Crippen molar-refractivity contribution in [1.29, 1.82) is 0 Å². The van der Waals surface area contributed by atoms with Gasteiger partial charge in [0.05, 0.1) is 4.08 Å². The van der Waals surface area contributed by atoms with E-state index in [0.29, 0.717) is 0 Å². The second kappa shape index (κ2) is 5.36. The van der Waals surface area contributed by atoms with Crippen LogP contribution in [0.25, 0.3) is 0 Å². The normalized spacial score (nSPS) is 12.0. The second-order valence-corrected chi connectivity index (χ2v) is 5.35. The van der Waals surface area contributed by atoms with Gasteiger partial charge in [-0.3, -0.25) is 0 Å². The fourth-order valence-corrected chi connectivity index (χ4v) is 1.20. The van der Waals surface area contributed by atoms with Crippen LogP contribution >= 0.6 is 25.3 Å². The fraction of sp³-hybridized carbons (Fsp3) is 1.00. The van der Waals surface area contributed by atoms with Crippen molar-refractivity contribution in [3.8, 4) is 0 Å². The molecule has 0 amide bonds. The Morgan fingerprint density at radius 2 is 1.70 bits per heavy atom. The summed E-state index contributed by atoms with van der Waals surface area (Å²) in [5.41, 5.74) is 0. The molecule has 0 heterocycles. The third-order valence-electron chi connectivity index (χ3n) is 1.50. The van der Waals surface area contributed by atoms with Gasteiger partial charge in [-0.15, -0.1) is 0 Å². The molecule has 62 valence electrons. The third-order valence-corrected chi connectivity index (χ3v) is 1.95. The summed E-state index contributed by atoms with van der Waals surface area (Å²) in [6.45, 7) is 4.27. The predicted octanol–water partition coefficient (Wildman–Crippen LogP) is 3.53. The SMILES string of the molecule is CCCCCCC(C)(S)S. The van der Waals surface area contributed by atoms with Gasteiger partial charge in [0.2, 0.25) is 0 Å². The van der Waals surface area contributed by atoms with Crippen LogP contribution in [0.1, 0.15) is 46.0 Å². The summed E-state index contributed by atoms with van der Waals surface area (Å²) in [4.78, 5) is 0. The molecule has 0 aromatic rings. The summed E-state index contributed by atoms with van der Waals surface area (Å²) < 4.78 is -0.0618. The molecule has 0 unspecified atom stereocenters. The molecule has 0 bridgehead atoms. The van der Waals surface area contributed by atoms with Crippen LogP contribution in [0.4, 0.5) is 0 Å². The highest BCUT2D eigenvalue weighted by atomic mass is 32.2. The van der Waals surface area contributed by atoms with Crippen molar-refractivity contribution >= 4 is 25.3 Å². The van der Waals surface area contributed by atoms with E-state index in [0.717, 1.165) is 6.42 Å². The summed E-state index contributed by atoms with van der Waals surface area (Å²) in [5, 5.41) is 0. The van der Waals surface area contributed by atoms with Crippen molar-refractivity contribution in [2.45, 2.75) is 50.0 Å². The van der Waals surface area contributed by atoms with Gasteiger partial charge in [0.15, 0.2) is 0 Å². The molecule has 0 rings (SSSR count). The summed E-state index contributed by atoms with van der Waals surface area (Å²) >= 11 is 8.64. The fourth-order valence-electron chi connectivity index (χ4n) is 0.887. The maximum Gasteiger partial charge on any atom is 0.0523 e. The monoisotopic (exact) mass is 178 g/mol. The van der Waals surface area contributed by atoms with Crippen molar-refractivity contribution in [1.82, 2.24) is 0 Å². The molecular weight excluding hydrogens is 160 g/mol. The lowest BCUT2D eigenvalue weighted by Gasteiger charge is -2.15. The minimum Gasteiger partial charge on any atom is -0.162 e. The summed E-state index contributed by atoms with van der Waals surface area (Å²) in [5.74, 6) is 0. The first-order chi connectivity index (χ1) is 4.56. The Balaban J connectivity index is 3.04. The lowest BCUT2D eigenvalue weighted by molar-refractivity contribution is 0.619. The largest absolute Gasteiger partial charge is 0.162 e. The van der Waals surface area contributed by atoms with Crippen LogP contribution in [0, 0.1) is 0 Å². The standard InChI is InChI=1S/C8H18S2/c1-3-4-5-6-7-8(2,9)10/h9-10H,3-7H2,1-2H3. The van der Waals surface area contributed by atoms with Gasteiger partial charge < -0.3 is 0 Å². The van der Waals surface area contributed by atoms with E-state index in [2.05, 4.69) is 32.2 Å². The zero-order valence-electron chi connectivity index (χ0n) is 6.93. The molecule has 0 saturated heterocycles. The van der Waals surface area contributed by atoms with Gasteiger partial charge in [0.1, 0.15) is 0 Å². The van der Waals surface area contributed by atoms with Crippen molar-refractivity contribution in [2.24, 2.45) is 0 Å². The molecule has 0 atom stereocenters. The Labute approximate surface area is 75.6 Å². The van der Waals surface area contributed by atoms with Gasteiger partial charge in [-0.1, -0.05) is 32.6 Å². The van der Waals surface area contributed by atoms with Crippen LogP contribution in [0.3, 0.4) is 0 Å². The maximum atomic E-state index is 4.32. The molecule has 0 saturated carbocycles. The molecule has 0 aliphatic heterocycles. The zero-order chi connectivity index (χ0) is 8.04. The third kappa shape index (κ3) is 8.70. The summed E-state index contributed by atoms with van der Waals surface area (Å²) in [6.07, 6.45) is 6.34. The molecule has 0 fully saturated rings. The number of hydrogen-bond donors (Lipinski definition) is 2. The van der Waals surface area contributed by atoms with E-state index < -0.39 is 0 Å². The quantitative estimate of drug-likeness (QED) is 0.359. The van der Waals surface area contributed by atoms with E-state index in [9.17, 15) is 0 Å². The number of unbranched alkanes of at least 4 members (excludes halogenated alkanes) is 3.